The minimum absolute atomic E-state index is 0. The number of hydrogen-bond donors (Lipinski definition) is 1. The summed E-state index contributed by atoms with van der Waals surface area (Å²) in [5.41, 5.74) is 3.76. The molecule has 8 aromatic carbocycles. The van der Waals surface area contributed by atoms with E-state index < -0.39 is 69.8 Å². The van der Waals surface area contributed by atoms with Crippen LogP contribution in [0.5, 0.6) is 0 Å². The Hall–Kier alpha value is -12.9. The Morgan fingerprint density at radius 2 is 0.982 bits per heavy atom. The number of hydrogen-bond acceptors (Lipinski definition) is 22. The second-order valence-corrected chi connectivity index (χ2v) is 22.8. The Morgan fingerprint density at radius 1 is 0.523 bits per heavy atom. The van der Waals surface area contributed by atoms with Crippen LogP contribution in [0.15, 0.2) is 294 Å². The van der Waals surface area contributed by atoms with E-state index in [1.807, 2.05) is 110 Å². The first kappa shape index (κ1) is 88.5. The van der Waals surface area contributed by atoms with Gasteiger partial charge in [-0.25, -0.2) is 52.2 Å². The van der Waals surface area contributed by atoms with Crippen LogP contribution in [0.25, 0.3) is 51.3 Å². The van der Waals surface area contributed by atoms with E-state index >= 15 is 0 Å². The van der Waals surface area contributed by atoms with Crippen molar-refractivity contribution in [2.75, 3.05) is 34.5 Å². The molecule has 1 aliphatic rings. The predicted molar refractivity (Wildman–Crippen MR) is 402 cm³/mol. The number of carbonyl (C=O) groups is 8. The standard InChI is InChI=1S/C16H14O3S.C14H14O4.C12H11NO2.C12H12O4.C10H5NO2.C10H7NO2.C10H6O3.K/c1-19-16(17)15(12-13-8-4-2-5-9-13)20(18)14-10-6-3-7-11-14;1-2-3-8-17-13(15)11-9-10-6-4-5-7-12(10)18-14(11)16;1-2-15-12(14)11(9-13)8-10-6-4-3-5-7-10;1-15-11(13)10(12(14)16-2)8-9-6-4-3-5-7-9;11-6-8-5-7-3-1-2-4-9(7)13-10(8)12;11-7-9(6-10(12)13)8-4-2-1-3-5-8;11-9-6-8(10(12)13-9)7-4-2-1-3-5-7;/h2-12H,1H3;4-7,9H,2-3,8H2,1H3;3-8H,2H2,1H3;3-8H,1-2H3;1-5H;1-6H,(H,12,13);1-6H;/q;;;;;;;+1/b15-12+;;11-8+;;;9-6+;;. The number of para-hydroxylation sites is 2. The Kier molecular flexibility index (Phi) is 39.8. The molecule has 1 aliphatic heterocycles. The molecule has 109 heavy (non-hydrogen) atoms. The topological polar surface area (TPSA) is 361 Å². The van der Waals surface area contributed by atoms with Crippen LogP contribution in [0.1, 0.15) is 70.4 Å². The van der Waals surface area contributed by atoms with Crippen LogP contribution in [0.3, 0.4) is 0 Å². The number of carbonyl (C=O) groups excluding carboxylic acids is 7. The van der Waals surface area contributed by atoms with E-state index in [2.05, 4.69) is 14.2 Å². The Morgan fingerprint density at radius 3 is 1.44 bits per heavy atom. The molecule has 1 N–H and O–H groups in total. The molecule has 546 valence electrons. The predicted octanol–water partition coefficient (Wildman–Crippen LogP) is 10.8. The van der Waals surface area contributed by atoms with Crippen LogP contribution in [-0.4, -0.2) is 91.6 Å². The van der Waals surface area contributed by atoms with Crippen molar-refractivity contribution >= 4 is 110 Å². The Labute approximate surface area is 671 Å². The van der Waals surface area contributed by atoms with Gasteiger partial charge >= 0.3 is 110 Å². The molecule has 0 aliphatic carbocycles. The Balaban J connectivity index is 0.000000270. The summed E-state index contributed by atoms with van der Waals surface area (Å²) in [7, 11) is 2.14. The number of rotatable bonds is 17. The van der Waals surface area contributed by atoms with Gasteiger partial charge in [0.2, 0.25) is 0 Å². The average Bonchev–Trinajstić information content (AvgIpc) is 1.07. The number of carboxylic acids is 1. The number of methoxy groups -OCH3 is 3. The van der Waals surface area contributed by atoms with E-state index in [1.165, 1.54) is 51.7 Å². The van der Waals surface area contributed by atoms with Gasteiger partial charge in [-0.05, 0) is 95.8 Å². The SMILES string of the molecule is CCCCOC(=O)c1cc2ccccc2oc1=O.CCOC(=O)/C(C#N)=C/c1ccccc1.COC(=O)/C(=C\c1ccccc1)S(=O)c1ccccc1.COC(=O)C(=Cc1ccccc1)C(=O)OC.N#C/C(=C\C(=O)O)c1ccccc1.N#Cc1cc2ccccc2oc1=O.O=C1C=C(c2ccccc2)C(=O)O1.[K+]. The maximum Gasteiger partial charge on any atom is 1.00 e. The molecule has 2 aromatic heterocycles. The van der Waals surface area contributed by atoms with E-state index in [4.69, 9.17) is 43.9 Å². The van der Waals surface area contributed by atoms with Crippen molar-refractivity contribution in [2.45, 2.75) is 31.6 Å². The number of cyclic esters (lactones) is 2. The fourth-order valence-corrected chi connectivity index (χ4v) is 9.82. The summed E-state index contributed by atoms with van der Waals surface area (Å²) in [5.74, 6) is -5.49. The van der Waals surface area contributed by atoms with Crippen LogP contribution in [-0.2, 0) is 72.8 Å². The number of ether oxygens (including phenoxy) is 6. The fraction of sp³-hybridized carbons (Fsp3) is 0.107. The largest absolute Gasteiger partial charge is 1.00 e. The zero-order valence-corrected chi connectivity index (χ0v) is 63.7. The van der Waals surface area contributed by atoms with Crippen LogP contribution in [0.2, 0.25) is 0 Å². The number of esters is 7. The van der Waals surface area contributed by atoms with E-state index in [0.717, 1.165) is 41.0 Å². The number of benzene rings is 8. The van der Waals surface area contributed by atoms with E-state index in [-0.39, 0.29) is 90.7 Å². The van der Waals surface area contributed by atoms with Gasteiger partial charge in [0.1, 0.15) is 56.6 Å². The number of allylic oxidation sites excluding steroid dienone is 1. The molecule has 25 heteroatoms. The van der Waals surface area contributed by atoms with Gasteiger partial charge in [0.05, 0.1) is 56.5 Å². The number of fused-ring (bicyclic) bond motifs is 2. The van der Waals surface area contributed by atoms with E-state index in [1.54, 1.807) is 159 Å². The van der Waals surface area contributed by atoms with Crippen molar-refractivity contribution in [3.8, 4) is 18.2 Å². The van der Waals surface area contributed by atoms with Crippen molar-refractivity contribution in [1.29, 1.82) is 15.8 Å². The quantitative estimate of drug-likeness (QED) is 0.0102. The van der Waals surface area contributed by atoms with Gasteiger partial charge < -0.3 is 42.4 Å². The normalized spacial score (nSPS) is 11.1. The molecule has 11 rings (SSSR count). The number of nitrogens with zero attached hydrogens (tertiary/aromatic N) is 3. The number of nitriles is 3. The monoisotopic (exact) mass is 1510 g/mol. The molecule has 0 saturated heterocycles. The summed E-state index contributed by atoms with van der Waals surface area (Å²) < 4.78 is 50.3. The van der Waals surface area contributed by atoms with Crippen molar-refractivity contribution < 1.29 is 136 Å². The van der Waals surface area contributed by atoms with Crippen molar-refractivity contribution in [3.05, 3.63) is 331 Å². The first-order valence-corrected chi connectivity index (χ1v) is 33.5. The second kappa shape index (κ2) is 49.0. The van der Waals surface area contributed by atoms with E-state index in [9.17, 15) is 52.2 Å². The molecule has 0 saturated carbocycles. The van der Waals surface area contributed by atoms with Gasteiger partial charge in [0.15, 0.2) is 0 Å². The van der Waals surface area contributed by atoms with Gasteiger partial charge in [0.25, 0.3) is 0 Å². The third kappa shape index (κ3) is 30.2. The second-order valence-electron chi connectivity index (χ2n) is 21.3. The summed E-state index contributed by atoms with van der Waals surface area (Å²) in [6.45, 7) is 4.29. The molecule has 0 spiro atoms. The summed E-state index contributed by atoms with van der Waals surface area (Å²) in [5, 5.41) is 35.9. The molecular formula is C84H69KN3O20S+. The molecule has 0 fully saturated rings. The molecular weight excluding hydrogens is 1440 g/mol. The van der Waals surface area contributed by atoms with Crippen LogP contribution < -0.4 is 62.6 Å². The maximum absolute atomic E-state index is 12.5. The van der Waals surface area contributed by atoms with Gasteiger partial charge in [-0.1, -0.05) is 220 Å². The smallest absolute Gasteiger partial charge is 0.478 e. The third-order valence-corrected chi connectivity index (χ3v) is 15.3. The molecule has 3 heterocycles. The van der Waals surface area contributed by atoms with Gasteiger partial charge in [-0.3, -0.25) is 0 Å². The molecule has 0 radical (unpaired) electrons. The van der Waals surface area contributed by atoms with Crippen LogP contribution in [0, 0.1) is 34.0 Å². The summed E-state index contributed by atoms with van der Waals surface area (Å²) in [6, 6.07) is 76.5. The molecule has 0 bridgehead atoms. The van der Waals surface area contributed by atoms with Gasteiger partial charge in [-0.2, -0.15) is 15.8 Å². The maximum atomic E-state index is 12.5. The molecule has 1 unspecified atom stereocenters. The molecule has 1 atom stereocenters. The summed E-state index contributed by atoms with van der Waals surface area (Å²) in [4.78, 5) is 113. The minimum atomic E-state index is -1.57. The first-order valence-electron chi connectivity index (χ1n) is 32.4. The molecule has 23 nitrogen and oxygen atoms in total. The van der Waals surface area contributed by atoms with E-state index in [0.29, 0.717) is 44.8 Å². The zero-order valence-electron chi connectivity index (χ0n) is 59.8. The summed E-state index contributed by atoms with van der Waals surface area (Å²) >= 11 is 0. The number of unbranched alkanes of at least 4 members (excludes halogenated alkanes) is 1. The summed E-state index contributed by atoms with van der Waals surface area (Å²) in [6.07, 6.45) is 8.35. The minimum Gasteiger partial charge on any atom is -0.478 e. The zero-order chi connectivity index (χ0) is 78.6. The fourth-order valence-electron chi connectivity index (χ4n) is 8.68. The first-order chi connectivity index (χ1) is 52.2. The molecule has 10 aromatic rings. The molecule has 0 amide bonds. The number of aliphatic carboxylic acids is 1. The number of carboxylic acid groups (broad SMARTS) is 1. The van der Waals surface area contributed by atoms with Crippen LogP contribution in [0.4, 0.5) is 0 Å². The Bertz CT molecular complexity index is 5180. The van der Waals surface area contributed by atoms with Crippen LogP contribution >= 0.6 is 0 Å². The van der Waals surface area contributed by atoms with Gasteiger partial charge in [-0.15, -0.1) is 0 Å². The van der Waals surface area contributed by atoms with Crippen molar-refractivity contribution in [1.82, 2.24) is 0 Å². The third-order valence-electron chi connectivity index (χ3n) is 13.9. The average molecular weight is 1510 g/mol. The van der Waals surface area contributed by atoms with Gasteiger partial charge in [0, 0.05) is 27.8 Å². The van der Waals surface area contributed by atoms with Crippen molar-refractivity contribution in [3.63, 3.8) is 0 Å². The van der Waals surface area contributed by atoms with Crippen molar-refractivity contribution in [2.24, 2.45) is 0 Å².